The number of hydrazine groups is 1. The molecule has 0 saturated carbocycles. The standard InChI is InChI=1S/C22H23N9O5S/c23-30-21(31-24)15-4-1-13(2-5-15)10-28-37(34,35)20-8-17(26-12-27-20)22(33)25-9-14-3-6-18-16(7-14)29-19(32)11-36-18/h1-8,12,28H,9-11,23-24H2,(H,25,33)(H,29,32)(H,30,31). The minimum Gasteiger partial charge on any atom is -0.482 e. The maximum Gasteiger partial charge on any atom is 0.270 e. The fourth-order valence-corrected chi connectivity index (χ4v) is 4.31. The Bertz CT molecular complexity index is 1460. The number of sulfonamides is 1. The molecule has 15 heteroatoms. The van der Waals surface area contributed by atoms with E-state index in [2.05, 4.69) is 35.9 Å². The first-order chi connectivity index (χ1) is 17.8. The van der Waals surface area contributed by atoms with E-state index in [1.807, 2.05) is 0 Å². The summed E-state index contributed by atoms with van der Waals surface area (Å²) in [7, 11) is -4.04. The van der Waals surface area contributed by atoms with E-state index in [1.165, 1.54) is 0 Å². The Kier molecular flexibility index (Phi) is 7.57. The Morgan fingerprint density at radius 1 is 1.08 bits per heavy atom. The molecule has 1 aliphatic rings. The van der Waals surface area contributed by atoms with Gasteiger partial charge in [0.25, 0.3) is 21.8 Å². The lowest BCUT2D eigenvalue weighted by Gasteiger charge is -2.18. The third-order valence-electron chi connectivity index (χ3n) is 5.24. The molecule has 2 aromatic carbocycles. The highest BCUT2D eigenvalue weighted by Crippen LogP contribution is 2.28. The zero-order valence-electron chi connectivity index (χ0n) is 19.3. The molecule has 0 fully saturated rings. The number of hydrazone groups is 1. The number of anilines is 1. The van der Waals surface area contributed by atoms with E-state index in [4.69, 9.17) is 16.4 Å². The maximum absolute atomic E-state index is 12.7. The average Bonchev–Trinajstić information content (AvgIpc) is 2.91. The summed E-state index contributed by atoms with van der Waals surface area (Å²) in [4.78, 5) is 31.8. The second kappa shape index (κ2) is 11.0. The Labute approximate surface area is 211 Å². The average molecular weight is 526 g/mol. The SMILES string of the molecule is N/N=C(\NN)c1ccc(CNS(=O)(=O)c2cc(C(=O)NCc3ccc4c(c3)NC(=O)CO4)ncn2)cc1. The number of nitrogens with zero attached hydrogens (tertiary/aromatic N) is 3. The lowest BCUT2D eigenvalue weighted by molar-refractivity contribution is -0.118. The number of nitrogens with two attached hydrogens (primary N) is 2. The number of rotatable bonds is 8. The summed E-state index contributed by atoms with van der Waals surface area (Å²) in [6, 6.07) is 12.9. The molecule has 0 saturated heterocycles. The molecular formula is C22H23N9O5S. The van der Waals surface area contributed by atoms with Crippen molar-refractivity contribution < 1.29 is 22.7 Å². The quantitative estimate of drug-likeness (QED) is 0.0714. The highest BCUT2D eigenvalue weighted by atomic mass is 32.2. The second-order valence-electron chi connectivity index (χ2n) is 7.74. The van der Waals surface area contributed by atoms with Gasteiger partial charge in [0.05, 0.1) is 5.69 Å². The summed E-state index contributed by atoms with van der Waals surface area (Å²) >= 11 is 0. The highest BCUT2D eigenvalue weighted by molar-refractivity contribution is 7.89. The zero-order valence-corrected chi connectivity index (χ0v) is 20.1. The van der Waals surface area contributed by atoms with Crippen LogP contribution < -0.4 is 37.2 Å². The van der Waals surface area contributed by atoms with Crippen LogP contribution in [0.3, 0.4) is 0 Å². The van der Waals surface area contributed by atoms with Crippen LogP contribution in [0, 0.1) is 0 Å². The minimum absolute atomic E-state index is 0.0299. The normalized spacial score (nSPS) is 13.2. The largest absolute Gasteiger partial charge is 0.482 e. The van der Waals surface area contributed by atoms with Crippen molar-refractivity contribution in [3.05, 3.63) is 77.2 Å². The molecule has 8 N–H and O–H groups in total. The molecule has 3 aromatic rings. The van der Waals surface area contributed by atoms with Gasteiger partial charge >= 0.3 is 0 Å². The molecule has 0 atom stereocenters. The Hall–Kier alpha value is -4.60. The van der Waals surface area contributed by atoms with Crippen LogP contribution in [-0.2, 0) is 27.9 Å². The van der Waals surface area contributed by atoms with Gasteiger partial charge in [-0.05, 0) is 23.3 Å². The Morgan fingerprint density at radius 3 is 2.57 bits per heavy atom. The fraction of sp³-hybridized carbons (Fsp3) is 0.136. The van der Waals surface area contributed by atoms with E-state index in [0.29, 0.717) is 28.1 Å². The molecule has 0 bridgehead atoms. The number of carbonyl (C=O) groups is 2. The molecule has 2 amide bonds. The van der Waals surface area contributed by atoms with Gasteiger partial charge in [0.2, 0.25) is 0 Å². The number of amides is 2. The van der Waals surface area contributed by atoms with Crippen molar-refractivity contribution >= 4 is 33.4 Å². The first-order valence-corrected chi connectivity index (χ1v) is 12.3. The molecule has 0 unspecified atom stereocenters. The van der Waals surface area contributed by atoms with Gasteiger partial charge < -0.3 is 26.6 Å². The van der Waals surface area contributed by atoms with Crippen molar-refractivity contribution in [2.45, 2.75) is 18.1 Å². The van der Waals surface area contributed by atoms with E-state index in [0.717, 1.165) is 12.4 Å². The molecule has 1 aromatic heterocycles. The lowest BCUT2D eigenvalue weighted by atomic mass is 10.1. The number of benzene rings is 2. The molecule has 1 aliphatic heterocycles. The number of ether oxygens (including phenoxy) is 1. The van der Waals surface area contributed by atoms with Gasteiger partial charge in [-0.3, -0.25) is 9.59 Å². The van der Waals surface area contributed by atoms with Crippen molar-refractivity contribution in [3.63, 3.8) is 0 Å². The predicted octanol–water partition coefficient (Wildman–Crippen LogP) is -0.700. The van der Waals surface area contributed by atoms with Crippen molar-refractivity contribution in [2.24, 2.45) is 16.8 Å². The van der Waals surface area contributed by atoms with Crippen LogP contribution >= 0.6 is 0 Å². The van der Waals surface area contributed by atoms with Crippen LogP contribution in [0.5, 0.6) is 5.75 Å². The third kappa shape index (κ3) is 6.16. The molecule has 37 heavy (non-hydrogen) atoms. The summed E-state index contributed by atoms with van der Waals surface area (Å²) in [5, 5.41) is 8.50. The van der Waals surface area contributed by atoms with Gasteiger partial charge in [0, 0.05) is 24.7 Å². The van der Waals surface area contributed by atoms with Gasteiger partial charge in [-0.1, -0.05) is 30.3 Å². The van der Waals surface area contributed by atoms with E-state index in [9.17, 15) is 18.0 Å². The van der Waals surface area contributed by atoms with Crippen LogP contribution in [0.1, 0.15) is 27.2 Å². The molecule has 0 spiro atoms. The van der Waals surface area contributed by atoms with Crippen LogP contribution in [0.4, 0.5) is 5.69 Å². The summed E-state index contributed by atoms with van der Waals surface area (Å²) in [6.07, 6.45) is 0.998. The molecular weight excluding hydrogens is 502 g/mol. The van der Waals surface area contributed by atoms with Crippen LogP contribution in [0.15, 0.2) is 65.0 Å². The van der Waals surface area contributed by atoms with Gasteiger partial charge in [-0.2, -0.15) is 5.10 Å². The summed E-state index contributed by atoms with van der Waals surface area (Å²) in [5.74, 6) is 10.5. The van der Waals surface area contributed by atoms with E-state index < -0.39 is 15.9 Å². The van der Waals surface area contributed by atoms with Crippen LogP contribution in [0.2, 0.25) is 0 Å². The number of hydrogen-bond acceptors (Lipinski definition) is 10. The highest BCUT2D eigenvalue weighted by Gasteiger charge is 2.20. The van der Waals surface area contributed by atoms with E-state index >= 15 is 0 Å². The van der Waals surface area contributed by atoms with Crippen LogP contribution in [-0.4, -0.2) is 42.6 Å². The van der Waals surface area contributed by atoms with Gasteiger partial charge in [-0.15, -0.1) is 0 Å². The number of fused-ring (bicyclic) bond motifs is 1. The van der Waals surface area contributed by atoms with Gasteiger partial charge in [0.1, 0.15) is 17.8 Å². The second-order valence-corrected chi connectivity index (χ2v) is 9.45. The smallest absolute Gasteiger partial charge is 0.270 e. The van der Waals surface area contributed by atoms with E-state index in [-0.39, 0.29) is 42.2 Å². The lowest BCUT2D eigenvalue weighted by Crippen LogP contribution is -2.32. The maximum atomic E-state index is 12.7. The first kappa shape index (κ1) is 25.5. The Balaban J connectivity index is 1.38. The van der Waals surface area contributed by atoms with Crippen molar-refractivity contribution in [3.8, 4) is 5.75 Å². The number of amidine groups is 1. The van der Waals surface area contributed by atoms with Gasteiger partial charge in [0.15, 0.2) is 17.5 Å². The van der Waals surface area contributed by atoms with Crippen molar-refractivity contribution in [1.29, 1.82) is 0 Å². The number of nitrogens with one attached hydrogen (secondary N) is 4. The fourth-order valence-electron chi connectivity index (χ4n) is 3.35. The zero-order chi connectivity index (χ0) is 26.4. The summed E-state index contributed by atoms with van der Waals surface area (Å²) in [5.41, 5.74) is 4.70. The Morgan fingerprint density at radius 2 is 1.84 bits per heavy atom. The number of aromatic nitrogens is 2. The minimum atomic E-state index is -4.04. The number of carbonyl (C=O) groups excluding carboxylic acids is 2. The predicted molar refractivity (Wildman–Crippen MR) is 132 cm³/mol. The molecule has 14 nitrogen and oxygen atoms in total. The van der Waals surface area contributed by atoms with Crippen LogP contribution in [0.25, 0.3) is 0 Å². The third-order valence-corrected chi connectivity index (χ3v) is 6.54. The molecule has 0 radical (unpaired) electrons. The monoisotopic (exact) mass is 525 g/mol. The number of hydrogen-bond donors (Lipinski definition) is 6. The molecule has 0 aliphatic carbocycles. The molecule has 192 valence electrons. The molecule has 4 rings (SSSR count). The summed E-state index contributed by atoms with van der Waals surface area (Å²) < 4.78 is 33.2. The van der Waals surface area contributed by atoms with Crippen molar-refractivity contribution in [2.75, 3.05) is 11.9 Å². The van der Waals surface area contributed by atoms with E-state index in [1.54, 1.807) is 42.5 Å². The topological polar surface area (TPSA) is 216 Å². The van der Waals surface area contributed by atoms with Gasteiger partial charge in [-0.25, -0.2) is 29.0 Å². The summed E-state index contributed by atoms with van der Waals surface area (Å²) in [6.45, 7) is 0.0249. The molecule has 2 heterocycles. The first-order valence-electron chi connectivity index (χ1n) is 10.8. The van der Waals surface area contributed by atoms with Crippen molar-refractivity contribution in [1.82, 2.24) is 25.4 Å².